The van der Waals surface area contributed by atoms with Crippen LogP contribution in [0.5, 0.6) is 0 Å². The lowest BCUT2D eigenvalue weighted by Crippen LogP contribution is -2.33. The molecule has 1 saturated heterocycles. The first-order valence-electron chi connectivity index (χ1n) is 12.0. The molecule has 0 atom stereocenters. The zero-order valence-corrected chi connectivity index (χ0v) is 21.6. The summed E-state index contributed by atoms with van der Waals surface area (Å²) in [6.07, 6.45) is 2.56. The van der Waals surface area contributed by atoms with Gasteiger partial charge in [-0.05, 0) is 45.6 Å². The summed E-state index contributed by atoms with van der Waals surface area (Å²) in [5.41, 5.74) is 0. The molecular weight excluding hydrogens is 434 g/mol. The molecule has 0 aromatic carbocycles. The molecule has 0 saturated carbocycles. The van der Waals surface area contributed by atoms with E-state index in [4.69, 9.17) is 37.6 Å². The molecular formula is C22H47NO8Si. The van der Waals surface area contributed by atoms with E-state index >= 15 is 0 Å². The Kier molecular flexibility index (Phi) is 20.0. The van der Waals surface area contributed by atoms with Crippen LogP contribution in [-0.4, -0.2) is 120 Å². The van der Waals surface area contributed by atoms with Gasteiger partial charge in [-0.15, -0.1) is 0 Å². The van der Waals surface area contributed by atoms with Gasteiger partial charge < -0.3 is 42.9 Å². The summed E-state index contributed by atoms with van der Waals surface area (Å²) in [5.74, 6) is 0. The molecule has 1 aliphatic heterocycles. The van der Waals surface area contributed by atoms with Crippen LogP contribution in [0.1, 0.15) is 12.8 Å². The fourth-order valence-corrected chi connectivity index (χ4v) is 3.54. The predicted octanol–water partition coefficient (Wildman–Crippen LogP) is 1.71. The topological polar surface area (TPSA) is 85.9 Å². The minimum atomic E-state index is -1.43. The summed E-state index contributed by atoms with van der Waals surface area (Å²) < 4.78 is 44.3. The zero-order valence-electron chi connectivity index (χ0n) is 20.6. The Morgan fingerprint density at radius 2 is 0.875 bits per heavy atom. The van der Waals surface area contributed by atoms with Crippen LogP contribution in [0.2, 0.25) is 19.6 Å². The Bertz CT molecular complexity index is 395. The lowest BCUT2D eigenvalue weighted by atomic mass is 10.1. The molecule has 192 valence electrons. The number of nitrogens with one attached hydrogen (secondary N) is 1. The molecule has 0 aromatic heterocycles. The van der Waals surface area contributed by atoms with Crippen molar-refractivity contribution in [2.45, 2.75) is 38.6 Å². The fourth-order valence-electron chi connectivity index (χ4n) is 2.84. The van der Waals surface area contributed by atoms with Gasteiger partial charge in [0.25, 0.3) is 0 Å². The van der Waals surface area contributed by atoms with E-state index in [-0.39, 0.29) is 0 Å². The van der Waals surface area contributed by atoms with Crippen molar-refractivity contribution < 1.29 is 37.6 Å². The van der Waals surface area contributed by atoms with Crippen molar-refractivity contribution in [3.63, 3.8) is 0 Å². The van der Waals surface area contributed by atoms with Gasteiger partial charge in [-0.25, -0.2) is 0 Å². The molecule has 1 fully saturated rings. The number of rotatable bonds is 23. The van der Waals surface area contributed by atoms with E-state index in [0.29, 0.717) is 98.6 Å². The third-order valence-electron chi connectivity index (χ3n) is 4.49. The highest BCUT2D eigenvalue weighted by Gasteiger charge is 2.13. The van der Waals surface area contributed by atoms with Gasteiger partial charge >= 0.3 is 0 Å². The van der Waals surface area contributed by atoms with Crippen LogP contribution in [0, 0.1) is 0 Å². The minimum absolute atomic E-state index is 0.384. The van der Waals surface area contributed by atoms with E-state index in [1.54, 1.807) is 0 Å². The Morgan fingerprint density at radius 3 is 1.25 bits per heavy atom. The molecule has 9 nitrogen and oxygen atoms in total. The summed E-state index contributed by atoms with van der Waals surface area (Å²) in [7, 11) is -1.43. The SMILES string of the molecule is C[Si](C)(C)OCCOCCOCCOCCOCCOCCOCCOC1CCNCC1. The van der Waals surface area contributed by atoms with Gasteiger partial charge in [0.05, 0.1) is 98.6 Å². The highest BCUT2D eigenvalue weighted by atomic mass is 28.4. The molecule has 0 spiro atoms. The van der Waals surface area contributed by atoms with Gasteiger partial charge in [0.2, 0.25) is 0 Å². The lowest BCUT2D eigenvalue weighted by molar-refractivity contribution is -0.0308. The second kappa shape index (κ2) is 21.4. The average Bonchev–Trinajstić information content (AvgIpc) is 2.77. The maximum atomic E-state index is 5.78. The summed E-state index contributed by atoms with van der Waals surface area (Å²) in [4.78, 5) is 0. The first-order valence-corrected chi connectivity index (χ1v) is 15.4. The number of hydrogen-bond acceptors (Lipinski definition) is 9. The molecule has 1 heterocycles. The molecule has 0 aliphatic carbocycles. The van der Waals surface area contributed by atoms with E-state index in [2.05, 4.69) is 25.0 Å². The van der Waals surface area contributed by atoms with Crippen LogP contribution >= 0.6 is 0 Å². The van der Waals surface area contributed by atoms with E-state index in [1.165, 1.54) is 0 Å². The first-order chi connectivity index (χ1) is 15.6. The van der Waals surface area contributed by atoms with Crippen LogP contribution in [-0.2, 0) is 37.6 Å². The van der Waals surface area contributed by atoms with Crippen molar-refractivity contribution in [2.75, 3.05) is 106 Å². The molecule has 10 heteroatoms. The van der Waals surface area contributed by atoms with Crippen LogP contribution in [0.25, 0.3) is 0 Å². The Balaban J connectivity index is 1.64. The first kappa shape index (κ1) is 29.9. The van der Waals surface area contributed by atoms with Gasteiger partial charge in [-0.3, -0.25) is 0 Å². The van der Waals surface area contributed by atoms with Crippen LogP contribution in [0.15, 0.2) is 0 Å². The van der Waals surface area contributed by atoms with Crippen molar-refractivity contribution in [3.05, 3.63) is 0 Å². The monoisotopic (exact) mass is 481 g/mol. The molecule has 0 aromatic rings. The molecule has 32 heavy (non-hydrogen) atoms. The summed E-state index contributed by atoms with van der Waals surface area (Å²) in [5, 5.41) is 3.33. The number of ether oxygens (including phenoxy) is 7. The maximum absolute atomic E-state index is 5.78. The molecule has 1 N–H and O–H groups in total. The second-order valence-electron chi connectivity index (χ2n) is 8.46. The molecule has 0 amide bonds. The largest absolute Gasteiger partial charge is 0.415 e. The third kappa shape index (κ3) is 21.7. The zero-order chi connectivity index (χ0) is 23.2. The van der Waals surface area contributed by atoms with E-state index in [1.807, 2.05) is 0 Å². The van der Waals surface area contributed by atoms with Gasteiger partial charge in [-0.1, -0.05) is 0 Å². The van der Waals surface area contributed by atoms with Gasteiger partial charge in [0, 0.05) is 0 Å². The fraction of sp³-hybridized carbons (Fsp3) is 1.00. The standard InChI is InChI=1S/C22H47NO8Si/c1-32(2,3)31-21-19-29-17-15-27-13-11-25-9-8-24-10-12-26-14-16-28-18-20-30-22-4-6-23-7-5-22/h22-23H,4-21H2,1-3H3. The van der Waals surface area contributed by atoms with E-state index < -0.39 is 8.32 Å². The van der Waals surface area contributed by atoms with Crippen molar-refractivity contribution in [2.24, 2.45) is 0 Å². The van der Waals surface area contributed by atoms with Gasteiger partial charge in [-0.2, -0.15) is 0 Å². The van der Waals surface area contributed by atoms with Crippen molar-refractivity contribution in [1.29, 1.82) is 0 Å². The van der Waals surface area contributed by atoms with Crippen molar-refractivity contribution >= 4 is 8.32 Å². The van der Waals surface area contributed by atoms with Crippen molar-refractivity contribution in [1.82, 2.24) is 5.32 Å². The molecule has 0 unspecified atom stereocenters. The normalized spacial score (nSPS) is 15.5. The minimum Gasteiger partial charge on any atom is -0.415 e. The average molecular weight is 482 g/mol. The number of hydrogen-bond donors (Lipinski definition) is 1. The second-order valence-corrected chi connectivity index (χ2v) is 13.0. The highest BCUT2D eigenvalue weighted by molar-refractivity contribution is 6.69. The Labute approximate surface area is 195 Å². The van der Waals surface area contributed by atoms with Gasteiger partial charge in [0.1, 0.15) is 0 Å². The quantitative estimate of drug-likeness (QED) is 0.173. The van der Waals surface area contributed by atoms with Crippen molar-refractivity contribution in [3.8, 4) is 0 Å². The highest BCUT2D eigenvalue weighted by Crippen LogP contribution is 2.06. The van der Waals surface area contributed by atoms with Crippen LogP contribution in [0.4, 0.5) is 0 Å². The molecule has 1 rings (SSSR count). The maximum Gasteiger partial charge on any atom is 0.183 e. The van der Waals surface area contributed by atoms with Crippen LogP contribution < -0.4 is 5.32 Å². The summed E-state index contributed by atoms with van der Waals surface area (Å²) in [6.45, 7) is 16.8. The third-order valence-corrected chi connectivity index (χ3v) is 5.56. The number of piperidine rings is 1. The van der Waals surface area contributed by atoms with Gasteiger partial charge in [0.15, 0.2) is 8.32 Å². The Morgan fingerprint density at radius 1 is 0.531 bits per heavy atom. The van der Waals surface area contributed by atoms with Crippen LogP contribution in [0.3, 0.4) is 0 Å². The molecule has 0 bridgehead atoms. The molecule has 0 radical (unpaired) electrons. The summed E-state index contributed by atoms with van der Waals surface area (Å²) in [6, 6.07) is 0. The molecule has 1 aliphatic rings. The lowest BCUT2D eigenvalue weighted by Gasteiger charge is -2.22. The van der Waals surface area contributed by atoms with E-state index in [0.717, 1.165) is 25.9 Å². The predicted molar refractivity (Wildman–Crippen MR) is 126 cm³/mol. The van der Waals surface area contributed by atoms with E-state index in [9.17, 15) is 0 Å². The smallest absolute Gasteiger partial charge is 0.183 e. The Hall–Kier alpha value is -0.143. The summed E-state index contributed by atoms with van der Waals surface area (Å²) >= 11 is 0.